The minimum absolute atomic E-state index is 0.195. The number of ether oxygens (including phenoxy) is 4. The van der Waals surface area contributed by atoms with Crippen molar-refractivity contribution in [3.63, 3.8) is 0 Å². The predicted molar refractivity (Wildman–Crippen MR) is 192 cm³/mol. The maximum absolute atomic E-state index is 14.9. The molecule has 49 heavy (non-hydrogen) atoms. The fourth-order valence-corrected chi connectivity index (χ4v) is 6.50. The van der Waals surface area contributed by atoms with E-state index in [4.69, 9.17) is 18.9 Å². The highest BCUT2D eigenvalue weighted by Gasteiger charge is 2.43. The van der Waals surface area contributed by atoms with Crippen LogP contribution in [0, 0.1) is 0 Å². The highest BCUT2D eigenvalue weighted by atomic mass is 16.7. The van der Waals surface area contributed by atoms with Gasteiger partial charge in [-0.05, 0) is 86.7 Å². The number of methoxy groups -OCH3 is 1. The maximum Gasteiger partial charge on any atom is 0.410 e. The van der Waals surface area contributed by atoms with Crippen LogP contribution in [-0.2, 0) is 20.8 Å². The van der Waals surface area contributed by atoms with Gasteiger partial charge < -0.3 is 18.9 Å². The van der Waals surface area contributed by atoms with Gasteiger partial charge in [-0.25, -0.2) is 4.79 Å². The summed E-state index contributed by atoms with van der Waals surface area (Å²) in [5, 5.41) is 0. The van der Waals surface area contributed by atoms with Crippen LogP contribution >= 0.6 is 0 Å². The molecule has 4 aromatic rings. The van der Waals surface area contributed by atoms with Gasteiger partial charge in [0.15, 0.2) is 12.1 Å². The minimum Gasteiger partial charge on any atom is -0.488 e. The third-order valence-corrected chi connectivity index (χ3v) is 8.46. The molecule has 1 amide bonds. The lowest BCUT2D eigenvalue weighted by Crippen LogP contribution is -2.53. The smallest absolute Gasteiger partial charge is 0.410 e. The number of hydrogen-bond acceptors (Lipinski definition) is 7. The molecule has 0 radical (unpaired) electrons. The Morgan fingerprint density at radius 3 is 1.82 bits per heavy atom. The molecule has 0 aliphatic heterocycles. The van der Waals surface area contributed by atoms with Crippen molar-refractivity contribution >= 4 is 11.9 Å². The molecule has 0 N–H and O–H groups in total. The number of amides is 1. The molecule has 0 fully saturated rings. The van der Waals surface area contributed by atoms with E-state index >= 15 is 0 Å². The number of benzene rings is 4. The summed E-state index contributed by atoms with van der Waals surface area (Å²) in [7, 11) is 1.37. The molecule has 258 valence electrons. The average molecular weight is 665 g/mol. The van der Waals surface area contributed by atoms with E-state index in [9.17, 15) is 9.59 Å². The fourth-order valence-electron chi connectivity index (χ4n) is 6.50. The first-order valence-electron chi connectivity index (χ1n) is 17.0. The van der Waals surface area contributed by atoms with Gasteiger partial charge in [0.25, 0.3) is 0 Å². The molecule has 0 saturated heterocycles. The van der Waals surface area contributed by atoms with Crippen LogP contribution in [0.5, 0.6) is 5.75 Å². The molecule has 1 unspecified atom stereocenters. The number of fused-ring (bicyclic) bond motifs is 3. The van der Waals surface area contributed by atoms with Crippen molar-refractivity contribution in [3.8, 4) is 16.9 Å². The highest BCUT2D eigenvalue weighted by Crippen LogP contribution is 2.47. The summed E-state index contributed by atoms with van der Waals surface area (Å²) < 4.78 is 23.5. The molecule has 1 aliphatic rings. The normalized spacial score (nSPS) is 13.2. The van der Waals surface area contributed by atoms with Gasteiger partial charge in [0.2, 0.25) is 0 Å². The molecule has 1 aliphatic carbocycles. The van der Waals surface area contributed by atoms with E-state index in [0.29, 0.717) is 37.6 Å². The molecular formula is C41H48N2O6. The lowest BCUT2D eigenvalue weighted by molar-refractivity contribution is -0.148. The number of ketones is 1. The van der Waals surface area contributed by atoms with Gasteiger partial charge in [-0.1, -0.05) is 78.9 Å². The van der Waals surface area contributed by atoms with Crippen molar-refractivity contribution in [2.45, 2.75) is 65.1 Å². The van der Waals surface area contributed by atoms with E-state index in [1.54, 1.807) is 29.2 Å². The Balaban J connectivity index is 1.63. The average Bonchev–Trinajstić information content (AvgIpc) is 3.42. The lowest BCUT2D eigenvalue weighted by Gasteiger charge is -2.38. The number of rotatable bonds is 15. The first-order valence-corrected chi connectivity index (χ1v) is 17.0. The van der Waals surface area contributed by atoms with Gasteiger partial charge in [0.1, 0.15) is 17.4 Å². The molecular weight excluding hydrogens is 616 g/mol. The summed E-state index contributed by atoms with van der Waals surface area (Å²) in [6.45, 7) is 11.8. The molecule has 1 atom stereocenters. The van der Waals surface area contributed by atoms with Crippen molar-refractivity contribution in [3.05, 3.63) is 125 Å². The summed E-state index contributed by atoms with van der Waals surface area (Å²) in [4.78, 5) is 32.8. The van der Waals surface area contributed by atoms with Crippen LogP contribution in [0.15, 0.2) is 103 Å². The van der Waals surface area contributed by atoms with E-state index in [1.807, 2.05) is 89.2 Å². The maximum atomic E-state index is 14.9. The second kappa shape index (κ2) is 16.3. The van der Waals surface area contributed by atoms with E-state index in [0.717, 1.165) is 27.8 Å². The largest absolute Gasteiger partial charge is 0.488 e. The molecule has 0 saturated carbocycles. The van der Waals surface area contributed by atoms with Crippen molar-refractivity contribution in [2.75, 3.05) is 33.4 Å². The zero-order valence-corrected chi connectivity index (χ0v) is 29.4. The highest BCUT2D eigenvalue weighted by molar-refractivity contribution is 6.02. The van der Waals surface area contributed by atoms with Crippen LogP contribution in [0.1, 0.15) is 67.7 Å². The Morgan fingerprint density at radius 1 is 0.735 bits per heavy atom. The van der Waals surface area contributed by atoms with Crippen molar-refractivity contribution in [1.29, 1.82) is 0 Å². The van der Waals surface area contributed by atoms with E-state index < -0.39 is 30.1 Å². The number of nitrogens with zero attached hydrogens (tertiary/aromatic N) is 2. The Labute approximate surface area is 290 Å². The quantitative estimate of drug-likeness (QED) is 0.0938. The zero-order valence-electron chi connectivity index (χ0n) is 29.4. The van der Waals surface area contributed by atoms with Gasteiger partial charge in [-0.3, -0.25) is 14.6 Å². The molecule has 0 heterocycles. The number of Topliss-reactive ketones (excluding diaryl/α,β-unsaturated/α-hetero) is 1. The van der Waals surface area contributed by atoms with Crippen molar-refractivity contribution in [2.24, 2.45) is 0 Å². The Kier molecular flexibility index (Phi) is 11.9. The van der Waals surface area contributed by atoms with Crippen LogP contribution in [0.3, 0.4) is 0 Å². The van der Waals surface area contributed by atoms with Crippen LogP contribution in [0.25, 0.3) is 11.1 Å². The van der Waals surface area contributed by atoms with Gasteiger partial charge in [0, 0.05) is 38.4 Å². The lowest BCUT2D eigenvalue weighted by atomic mass is 9.96. The number of hydrogen-bond donors (Lipinski definition) is 0. The molecule has 0 bridgehead atoms. The van der Waals surface area contributed by atoms with Crippen LogP contribution in [0.4, 0.5) is 4.79 Å². The van der Waals surface area contributed by atoms with E-state index in [-0.39, 0.29) is 12.3 Å². The predicted octanol–water partition coefficient (Wildman–Crippen LogP) is 8.15. The summed E-state index contributed by atoms with van der Waals surface area (Å²) in [6, 6.07) is 31.8. The zero-order chi connectivity index (χ0) is 35.0. The Morgan fingerprint density at radius 2 is 1.29 bits per heavy atom. The molecule has 0 spiro atoms. The molecule has 8 heteroatoms. The van der Waals surface area contributed by atoms with E-state index in [1.165, 1.54) is 7.11 Å². The Bertz CT molecular complexity index is 1630. The molecule has 5 rings (SSSR count). The molecule has 4 aromatic carbocycles. The summed E-state index contributed by atoms with van der Waals surface area (Å²) >= 11 is 0. The third kappa shape index (κ3) is 8.76. The van der Waals surface area contributed by atoms with Gasteiger partial charge in [-0.2, -0.15) is 0 Å². The summed E-state index contributed by atoms with van der Waals surface area (Å²) in [5.74, 6) is 0.447. The fraction of sp³-hybridized carbons (Fsp3) is 0.366. The van der Waals surface area contributed by atoms with E-state index in [2.05, 4.69) is 29.2 Å². The SMILES string of the molecule is CCOC(CN(Cc1ccccc1)CC(C(=O)c1ccc(OC(C)(C)C)cc1)N(C(=O)OC)C1c2ccccc2-c2ccccc21)OCC. The van der Waals surface area contributed by atoms with Crippen LogP contribution in [-0.4, -0.2) is 73.0 Å². The van der Waals surface area contributed by atoms with Gasteiger partial charge in [0.05, 0.1) is 13.2 Å². The monoisotopic (exact) mass is 664 g/mol. The summed E-state index contributed by atoms with van der Waals surface area (Å²) in [6.07, 6.45) is -1.11. The third-order valence-electron chi connectivity index (χ3n) is 8.46. The standard InChI is InChI=1S/C41H48N2O6/c1-7-47-37(48-8-2)28-42(26-29-16-10-9-11-17-29)27-36(39(44)30-22-24-31(25-23-30)49-41(3,4)5)43(40(45)46-6)38-34-20-14-12-18-32(34)33-19-13-15-21-35(33)38/h9-25,36-38H,7-8,26-28H2,1-6H3. The first-order chi connectivity index (χ1) is 23.6. The van der Waals surface area contributed by atoms with Crippen molar-refractivity contribution in [1.82, 2.24) is 9.80 Å². The second-order valence-corrected chi connectivity index (χ2v) is 13.1. The minimum atomic E-state index is -0.946. The van der Waals surface area contributed by atoms with Gasteiger partial charge in [-0.15, -0.1) is 0 Å². The molecule has 8 nitrogen and oxygen atoms in total. The first kappa shape index (κ1) is 35.8. The summed E-state index contributed by atoms with van der Waals surface area (Å²) in [5.41, 5.74) is 5.07. The number of carbonyl (C=O) groups is 2. The van der Waals surface area contributed by atoms with Crippen molar-refractivity contribution < 1.29 is 28.5 Å². The van der Waals surface area contributed by atoms with Gasteiger partial charge >= 0.3 is 6.09 Å². The van der Waals surface area contributed by atoms with Crippen LogP contribution < -0.4 is 4.74 Å². The number of carbonyl (C=O) groups excluding carboxylic acids is 2. The topological polar surface area (TPSA) is 77.5 Å². The molecule has 0 aromatic heterocycles. The van der Waals surface area contributed by atoms with Crippen LogP contribution in [0.2, 0.25) is 0 Å². The second-order valence-electron chi connectivity index (χ2n) is 13.1. The Hall–Kier alpha value is -4.50.